The molecular formula is C15H24N6O2. The molecule has 8 nitrogen and oxygen atoms in total. The fourth-order valence-corrected chi connectivity index (χ4v) is 3.66. The number of aryl methyl sites for hydroxylation is 1. The van der Waals surface area contributed by atoms with Gasteiger partial charge in [0, 0.05) is 39.1 Å². The number of nitrogens with zero attached hydrogens (tertiary/aromatic N) is 5. The minimum atomic E-state index is -0.427. The van der Waals surface area contributed by atoms with Crippen LogP contribution in [0.3, 0.4) is 0 Å². The average Bonchev–Trinajstić information content (AvgIpc) is 3.00. The minimum Gasteiger partial charge on any atom is -0.351 e. The maximum atomic E-state index is 12.7. The van der Waals surface area contributed by atoms with Gasteiger partial charge in [-0.15, -0.1) is 10.2 Å². The van der Waals surface area contributed by atoms with Gasteiger partial charge < -0.3 is 20.1 Å². The molecule has 0 radical (unpaired) electrons. The van der Waals surface area contributed by atoms with Crippen molar-refractivity contribution in [1.29, 1.82) is 0 Å². The smallest absolute Gasteiger partial charge is 0.314 e. The highest BCUT2D eigenvalue weighted by molar-refractivity contribution is 5.80. The van der Waals surface area contributed by atoms with E-state index >= 15 is 0 Å². The number of carbonyl (C=O) groups is 2. The molecule has 1 atom stereocenters. The molecular weight excluding hydrogens is 296 g/mol. The Morgan fingerprint density at radius 2 is 1.91 bits per heavy atom. The van der Waals surface area contributed by atoms with E-state index in [0.717, 1.165) is 44.6 Å². The maximum absolute atomic E-state index is 12.7. The Kier molecular flexibility index (Phi) is 4.49. The van der Waals surface area contributed by atoms with Crippen LogP contribution in [-0.2, 0) is 11.8 Å². The Bertz CT molecular complexity index is 578. The van der Waals surface area contributed by atoms with Crippen molar-refractivity contribution < 1.29 is 9.59 Å². The molecule has 3 amide bonds. The van der Waals surface area contributed by atoms with E-state index < -0.39 is 6.03 Å². The van der Waals surface area contributed by atoms with Gasteiger partial charge >= 0.3 is 6.03 Å². The molecule has 1 aromatic rings. The van der Waals surface area contributed by atoms with Crippen LogP contribution in [0.15, 0.2) is 6.33 Å². The van der Waals surface area contributed by atoms with Crippen molar-refractivity contribution in [3.63, 3.8) is 0 Å². The first-order valence-electron chi connectivity index (χ1n) is 8.23. The molecule has 126 valence electrons. The van der Waals surface area contributed by atoms with E-state index in [0.29, 0.717) is 19.0 Å². The van der Waals surface area contributed by atoms with Crippen LogP contribution in [0.5, 0.6) is 0 Å². The summed E-state index contributed by atoms with van der Waals surface area (Å²) in [4.78, 5) is 27.5. The summed E-state index contributed by atoms with van der Waals surface area (Å²) in [5, 5.41) is 8.11. The second kappa shape index (κ2) is 6.55. The molecule has 2 N–H and O–H groups in total. The highest BCUT2D eigenvalue weighted by Gasteiger charge is 2.33. The Balaban J connectivity index is 1.56. The lowest BCUT2D eigenvalue weighted by molar-refractivity contribution is -0.138. The summed E-state index contributed by atoms with van der Waals surface area (Å²) in [6, 6.07) is -0.427. The predicted molar refractivity (Wildman–Crippen MR) is 83.4 cm³/mol. The highest BCUT2D eigenvalue weighted by atomic mass is 16.2. The molecule has 2 saturated heterocycles. The second-order valence-electron chi connectivity index (χ2n) is 6.52. The van der Waals surface area contributed by atoms with Crippen LogP contribution in [0.1, 0.15) is 37.4 Å². The second-order valence-corrected chi connectivity index (χ2v) is 6.52. The summed E-state index contributed by atoms with van der Waals surface area (Å²) in [7, 11) is 1.95. The predicted octanol–water partition coefficient (Wildman–Crippen LogP) is 0.312. The highest BCUT2D eigenvalue weighted by Crippen LogP contribution is 2.28. The van der Waals surface area contributed by atoms with Gasteiger partial charge in [-0.3, -0.25) is 4.79 Å². The first kappa shape index (κ1) is 15.8. The van der Waals surface area contributed by atoms with E-state index in [2.05, 4.69) is 10.2 Å². The van der Waals surface area contributed by atoms with Crippen LogP contribution in [0.25, 0.3) is 0 Å². The normalized spacial score (nSPS) is 23.1. The zero-order chi connectivity index (χ0) is 16.4. The van der Waals surface area contributed by atoms with Gasteiger partial charge in [-0.25, -0.2) is 4.79 Å². The number of hydrogen-bond donors (Lipinski definition) is 1. The molecule has 0 spiro atoms. The molecule has 0 saturated carbocycles. The summed E-state index contributed by atoms with van der Waals surface area (Å²) < 4.78 is 1.95. The molecule has 3 rings (SSSR count). The molecule has 0 unspecified atom stereocenters. The first-order valence-corrected chi connectivity index (χ1v) is 8.23. The monoisotopic (exact) mass is 320 g/mol. The zero-order valence-corrected chi connectivity index (χ0v) is 13.5. The van der Waals surface area contributed by atoms with E-state index in [4.69, 9.17) is 5.73 Å². The summed E-state index contributed by atoms with van der Waals surface area (Å²) in [6.07, 6.45) is 5.21. The fraction of sp³-hybridized carbons (Fsp3) is 0.733. The summed E-state index contributed by atoms with van der Waals surface area (Å²) in [5.41, 5.74) is 5.34. The summed E-state index contributed by atoms with van der Waals surface area (Å²) >= 11 is 0. The Hall–Kier alpha value is -2.12. The number of nitrogens with two attached hydrogens (primary N) is 1. The molecule has 23 heavy (non-hydrogen) atoms. The number of rotatable bonds is 2. The van der Waals surface area contributed by atoms with Gasteiger partial charge in [0.15, 0.2) is 0 Å². The Morgan fingerprint density at radius 3 is 2.52 bits per heavy atom. The number of primary amides is 1. The van der Waals surface area contributed by atoms with E-state index in [1.807, 2.05) is 16.5 Å². The van der Waals surface area contributed by atoms with Gasteiger partial charge in [0.25, 0.3) is 0 Å². The van der Waals surface area contributed by atoms with Gasteiger partial charge in [-0.2, -0.15) is 0 Å². The third-order valence-corrected chi connectivity index (χ3v) is 5.00. The molecule has 2 aliphatic rings. The quantitative estimate of drug-likeness (QED) is 0.848. The van der Waals surface area contributed by atoms with Crippen molar-refractivity contribution in [2.24, 2.45) is 18.7 Å². The lowest BCUT2D eigenvalue weighted by Gasteiger charge is -2.37. The number of aromatic nitrogens is 3. The van der Waals surface area contributed by atoms with Crippen LogP contribution in [0.4, 0.5) is 4.79 Å². The van der Waals surface area contributed by atoms with Crippen molar-refractivity contribution in [3.8, 4) is 0 Å². The number of likely N-dealkylation sites (tertiary alicyclic amines) is 2. The number of piperidine rings is 2. The Morgan fingerprint density at radius 1 is 1.17 bits per heavy atom. The van der Waals surface area contributed by atoms with Crippen LogP contribution in [-0.4, -0.2) is 62.7 Å². The zero-order valence-electron chi connectivity index (χ0n) is 13.5. The van der Waals surface area contributed by atoms with Crippen LogP contribution < -0.4 is 5.73 Å². The third kappa shape index (κ3) is 3.30. The SMILES string of the molecule is Cn1cnnc1C1CCN(C(=O)[C@@H]2CCCN(C(N)=O)C2)CC1. The molecule has 2 aliphatic heterocycles. The van der Waals surface area contributed by atoms with Crippen molar-refractivity contribution in [2.75, 3.05) is 26.2 Å². The third-order valence-electron chi connectivity index (χ3n) is 5.00. The van der Waals surface area contributed by atoms with Crippen molar-refractivity contribution in [1.82, 2.24) is 24.6 Å². The topological polar surface area (TPSA) is 97.3 Å². The van der Waals surface area contributed by atoms with E-state index in [1.54, 1.807) is 11.2 Å². The van der Waals surface area contributed by atoms with Crippen molar-refractivity contribution >= 4 is 11.9 Å². The van der Waals surface area contributed by atoms with Gasteiger partial charge in [0.05, 0.1) is 5.92 Å². The number of carbonyl (C=O) groups excluding carboxylic acids is 2. The van der Waals surface area contributed by atoms with Crippen LogP contribution >= 0.6 is 0 Å². The molecule has 8 heteroatoms. The summed E-state index contributed by atoms with van der Waals surface area (Å²) in [5.74, 6) is 1.41. The average molecular weight is 320 g/mol. The molecule has 0 aromatic carbocycles. The number of hydrogen-bond acceptors (Lipinski definition) is 4. The number of amides is 3. The van der Waals surface area contributed by atoms with Gasteiger partial charge in [0.1, 0.15) is 12.2 Å². The largest absolute Gasteiger partial charge is 0.351 e. The lowest BCUT2D eigenvalue weighted by Crippen LogP contribution is -2.49. The summed E-state index contributed by atoms with van der Waals surface area (Å²) in [6.45, 7) is 2.59. The Labute approximate surface area is 135 Å². The molecule has 3 heterocycles. The minimum absolute atomic E-state index is 0.109. The maximum Gasteiger partial charge on any atom is 0.314 e. The van der Waals surface area contributed by atoms with Crippen LogP contribution in [0.2, 0.25) is 0 Å². The van der Waals surface area contributed by atoms with Gasteiger partial charge in [-0.05, 0) is 25.7 Å². The van der Waals surface area contributed by atoms with E-state index in [9.17, 15) is 9.59 Å². The molecule has 0 aliphatic carbocycles. The van der Waals surface area contributed by atoms with Crippen molar-refractivity contribution in [3.05, 3.63) is 12.2 Å². The standard InChI is InChI=1S/C15H24N6O2/c1-19-10-17-18-13(19)11-4-7-20(8-5-11)14(22)12-3-2-6-21(9-12)15(16)23/h10-12H,2-9H2,1H3,(H2,16,23)/t12-/m1/s1. The molecule has 0 bridgehead atoms. The molecule has 2 fully saturated rings. The fourth-order valence-electron chi connectivity index (χ4n) is 3.66. The van der Waals surface area contributed by atoms with Crippen LogP contribution in [0, 0.1) is 5.92 Å². The van der Waals surface area contributed by atoms with E-state index in [-0.39, 0.29) is 11.8 Å². The number of urea groups is 1. The first-order chi connectivity index (χ1) is 11.1. The lowest BCUT2D eigenvalue weighted by atomic mass is 9.92. The van der Waals surface area contributed by atoms with E-state index in [1.165, 1.54) is 0 Å². The van der Waals surface area contributed by atoms with Gasteiger partial charge in [0.2, 0.25) is 5.91 Å². The van der Waals surface area contributed by atoms with Gasteiger partial charge in [-0.1, -0.05) is 0 Å². The van der Waals surface area contributed by atoms with Crippen molar-refractivity contribution in [2.45, 2.75) is 31.6 Å². The molecule has 1 aromatic heterocycles.